The molecule has 154 valence electrons. The normalized spacial score (nSPS) is 16.0. The van der Waals surface area contributed by atoms with Gasteiger partial charge in [-0.25, -0.2) is 9.80 Å². The number of hydrazine groups is 1. The Morgan fingerprint density at radius 2 is 1.72 bits per heavy atom. The first kappa shape index (κ1) is 20.6. The molecule has 1 aliphatic heterocycles. The molecule has 2 aromatic rings. The first-order chi connectivity index (χ1) is 14.0. The predicted molar refractivity (Wildman–Crippen MR) is 110 cm³/mol. The van der Waals surface area contributed by atoms with Crippen LogP contribution in [0, 0.1) is 0 Å². The third-order valence-electron chi connectivity index (χ3n) is 4.73. The molecule has 2 aromatic carbocycles. The fraction of sp³-hybridized carbons (Fsp3) is 0.333. The minimum absolute atomic E-state index is 0.0735. The maximum absolute atomic E-state index is 12.5. The summed E-state index contributed by atoms with van der Waals surface area (Å²) in [4.78, 5) is 26.2. The number of nitrogens with zero attached hydrogens (tertiary/aromatic N) is 2. The Bertz CT molecular complexity index is 822. The number of ether oxygens (including phenoxy) is 1. The Morgan fingerprint density at radius 1 is 1.03 bits per heavy atom. The van der Waals surface area contributed by atoms with Crippen molar-refractivity contribution in [2.24, 2.45) is 5.73 Å². The lowest BCUT2D eigenvalue weighted by Gasteiger charge is -2.32. The Morgan fingerprint density at radius 3 is 2.41 bits per heavy atom. The van der Waals surface area contributed by atoms with Crippen LogP contribution in [-0.4, -0.2) is 55.1 Å². The first-order valence-corrected chi connectivity index (χ1v) is 9.61. The Kier molecular flexibility index (Phi) is 7.04. The van der Waals surface area contributed by atoms with Gasteiger partial charge in [-0.05, 0) is 36.9 Å². The van der Waals surface area contributed by atoms with Crippen molar-refractivity contribution >= 4 is 11.9 Å². The second-order valence-corrected chi connectivity index (χ2v) is 7.08. The van der Waals surface area contributed by atoms with Gasteiger partial charge in [0.2, 0.25) is 5.91 Å². The molecule has 1 saturated heterocycles. The van der Waals surface area contributed by atoms with Crippen LogP contribution in [0.25, 0.3) is 0 Å². The maximum atomic E-state index is 12.5. The Balaban J connectivity index is 1.67. The zero-order valence-electron chi connectivity index (χ0n) is 16.5. The van der Waals surface area contributed by atoms with Crippen LogP contribution in [0.1, 0.15) is 18.0 Å². The van der Waals surface area contributed by atoms with Crippen molar-refractivity contribution in [3.63, 3.8) is 0 Å². The molecule has 4 N–H and O–H groups in total. The van der Waals surface area contributed by atoms with E-state index in [-0.39, 0.29) is 12.3 Å². The van der Waals surface area contributed by atoms with Gasteiger partial charge in [0.25, 0.3) is 0 Å². The molecule has 0 bridgehead atoms. The van der Waals surface area contributed by atoms with E-state index in [1.165, 1.54) is 0 Å². The molecule has 8 nitrogen and oxygen atoms in total. The van der Waals surface area contributed by atoms with Gasteiger partial charge in [-0.15, -0.1) is 0 Å². The van der Waals surface area contributed by atoms with E-state index in [9.17, 15) is 9.59 Å². The molecule has 1 aliphatic rings. The van der Waals surface area contributed by atoms with Gasteiger partial charge in [-0.3, -0.25) is 10.2 Å². The Labute approximate surface area is 170 Å². The third-order valence-corrected chi connectivity index (χ3v) is 4.73. The van der Waals surface area contributed by atoms with Crippen LogP contribution >= 0.6 is 0 Å². The number of primary amides is 1. The van der Waals surface area contributed by atoms with Gasteiger partial charge in [-0.2, -0.15) is 0 Å². The molecule has 8 heteroatoms. The lowest BCUT2D eigenvalue weighted by atomic mass is 10.0. The van der Waals surface area contributed by atoms with Crippen LogP contribution in [0.3, 0.4) is 0 Å². The van der Waals surface area contributed by atoms with E-state index in [1.807, 2.05) is 53.5 Å². The summed E-state index contributed by atoms with van der Waals surface area (Å²) in [5.41, 5.74) is 8.99. The predicted octanol–water partition coefficient (Wildman–Crippen LogP) is 1.86. The number of para-hydroxylation sites is 1. The average molecular weight is 397 g/mol. The summed E-state index contributed by atoms with van der Waals surface area (Å²) in [5, 5.41) is 4.56. The average Bonchev–Trinajstić information content (AvgIpc) is 2.70. The number of hydrogen-bond donors (Lipinski definition) is 3. The van der Waals surface area contributed by atoms with Crippen LogP contribution in [0.5, 0.6) is 11.5 Å². The van der Waals surface area contributed by atoms with Crippen molar-refractivity contribution < 1.29 is 14.3 Å². The number of urea groups is 1. The highest BCUT2D eigenvalue weighted by Gasteiger charge is 2.21. The number of nitrogens with one attached hydrogen (secondary N) is 2. The summed E-state index contributed by atoms with van der Waals surface area (Å²) in [6, 6.07) is 15.4. The lowest BCUT2D eigenvalue weighted by Crippen LogP contribution is -2.53. The van der Waals surface area contributed by atoms with Crippen molar-refractivity contribution in [1.29, 1.82) is 0 Å². The van der Waals surface area contributed by atoms with Crippen LogP contribution in [0.4, 0.5) is 4.79 Å². The highest BCUT2D eigenvalue weighted by Crippen LogP contribution is 2.26. The van der Waals surface area contributed by atoms with Crippen LogP contribution in [0.2, 0.25) is 0 Å². The standard InChI is InChI=1S/C21H27N5O3/c1-25-10-12-26(13-11-25)24-20(27)15-19(23-21(22)28)16-6-5-9-18(14-16)29-17-7-3-2-4-8-17/h2-9,14,19H,10-13,15H2,1H3,(H,24,27)(H3,22,23,28)/t19-/m1/s1. The molecule has 0 spiro atoms. The monoisotopic (exact) mass is 397 g/mol. The SMILES string of the molecule is CN1CCN(NC(=O)C[C@@H](NC(N)=O)c2cccc(Oc3ccccc3)c2)CC1. The van der Waals surface area contributed by atoms with Crippen LogP contribution in [0.15, 0.2) is 54.6 Å². The largest absolute Gasteiger partial charge is 0.457 e. The second kappa shape index (κ2) is 9.90. The summed E-state index contributed by atoms with van der Waals surface area (Å²) in [6.07, 6.45) is 0.0735. The minimum atomic E-state index is -0.684. The number of amides is 3. The van der Waals surface area contributed by atoms with Crippen molar-refractivity contribution in [3.8, 4) is 11.5 Å². The molecular formula is C21H27N5O3. The molecule has 0 saturated carbocycles. The number of benzene rings is 2. The topological polar surface area (TPSA) is 99.9 Å². The van der Waals surface area contributed by atoms with Gasteiger partial charge >= 0.3 is 6.03 Å². The minimum Gasteiger partial charge on any atom is -0.457 e. The summed E-state index contributed by atoms with van der Waals surface area (Å²) >= 11 is 0. The zero-order valence-corrected chi connectivity index (χ0v) is 16.5. The smallest absolute Gasteiger partial charge is 0.312 e. The zero-order chi connectivity index (χ0) is 20.6. The number of hydrogen-bond acceptors (Lipinski definition) is 5. The van der Waals surface area contributed by atoms with Crippen LogP contribution < -0.4 is 21.2 Å². The van der Waals surface area contributed by atoms with Gasteiger partial charge in [0.15, 0.2) is 0 Å². The number of carbonyl (C=O) groups is 2. The fourth-order valence-corrected chi connectivity index (χ4v) is 3.17. The number of carbonyl (C=O) groups excluding carboxylic acids is 2. The third kappa shape index (κ3) is 6.48. The summed E-state index contributed by atoms with van der Waals surface area (Å²) in [7, 11) is 2.05. The fourth-order valence-electron chi connectivity index (χ4n) is 3.17. The second-order valence-electron chi connectivity index (χ2n) is 7.08. The molecule has 1 fully saturated rings. The molecule has 3 amide bonds. The van der Waals surface area contributed by atoms with E-state index < -0.39 is 12.1 Å². The molecule has 0 aromatic heterocycles. The van der Waals surface area contributed by atoms with Crippen molar-refractivity contribution in [3.05, 3.63) is 60.2 Å². The van der Waals surface area contributed by atoms with Crippen molar-refractivity contribution in [2.75, 3.05) is 33.2 Å². The summed E-state index contributed by atoms with van der Waals surface area (Å²) in [5.74, 6) is 1.14. The summed E-state index contributed by atoms with van der Waals surface area (Å²) < 4.78 is 5.85. The van der Waals surface area contributed by atoms with E-state index in [0.29, 0.717) is 11.5 Å². The number of piperazine rings is 1. The summed E-state index contributed by atoms with van der Waals surface area (Å²) in [6.45, 7) is 3.30. The molecule has 0 aliphatic carbocycles. The van der Waals surface area contributed by atoms with E-state index in [0.717, 1.165) is 31.7 Å². The maximum Gasteiger partial charge on any atom is 0.312 e. The molecule has 1 atom stereocenters. The molecule has 1 heterocycles. The van der Waals surface area contributed by atoms with Gasteiger partial charge < -0.3 is 20.7 Å². The van der Waals surface area contributed by atoms with E-state index >= 15 is 0 Å². The van der Waals surface area contributed by atoms with Crippen molar-refractivity contribution in [1.82, 2.24) is 20.7 Å². The van der Waals surface area contributed by atoms with Gasteiger partial charge in [0.1, 0.15) is 11.5 Å². The van der Waals surface area contributed by atoms with Gasteiger partial charge in [-0.1, -0.05) is 30.3 Å². The van der Waals surface area contributed by atoms with Gasteiger partial charge in [0.05, 0.1) is 12.5 Å². The van der Waals surface area contributed by atoms with Crippen molar-refractivity contribution in [2.45, 2.75) is 12.5 Å². The number of rotatable bonds is 7. The quantitative estimate of drug-likeness (QED) is 0.662. The van der Waals surface area contributed by atoms with E-state index in [2.05, 4.69) is 22.7 Å². The molecular weight excluding hydrogens is 370 g/mol. The first-order valence-electron chi connectivity index (χ1n) is 9.61. The molecule has 0 unspecified atom stereocenters. The highest BCUT2D eigenvalue weighted by molar-refractivity contribution is 5.78. The molecule has 29 heavy (non-hydrogen) atoms. The molecule has 3 rings (SSSR count). The lowest BCUT2D eigenvalue weighted by molar-refractivity contribution is -0.127. The Hall–Kier alpha value is -3.10. The number of nitrogens with two attached hydrogens (primary N) is 1. The van der Waals surface area contributed by atoms with Gasteiger partial charge in [0, 0.05) is 26.2 Å². The molecule has 0 radical (unpaired) electrons. The van der Waals surface area contributed by atoms with E-state index in [1.54, 1.807) is 6.07 Å². The number of likely N-dealkylation sites (N-methyl/N-ethyl adjacent to an activating group) is 1. The highest BCUT2D eigenvalue weighted by atomic mass is 16.5. The van der Waals surface area contributed by atoms with Crippen LogP contribution in [-0.2, 0) is 4.79 Å². The van der Waals surface area contributed by atoms with E-state index in [4.69, 9.17) is 10.5 Å².